The number of amides is 2. The maximum Gasteiger partial charge on any atom is 0.416 e. The van der Waals surface area contributed by atoms with Crippen molar-refractivity contribution < 1.29 is 22.8 Å². The molecule has 186 valence electrons. The molecule has 2 amide bonds. The van der Waals surface area contributed by atoms with Crippen LogP contribution in [0.25, 0.3) is 0 Å². The molecule has 1 heterocycles. The number of alkyl halides is 3. The monoisotopic (exact) mass is 477 g/mol. The molecule has 0 atom stereocenters. The van der Waals surface area contributed by atoms with E-state index in [9.17, 15) is 22.8 Å². The number of rotatable bonds is 12. The zero-order valence-corrected chi connectivity index (χ0v) is 20.0. The first-order chi connectivity index (χ1) is 16.2. The van der Waals surface area contributed by atoms with Crippen molar-refractivity contribution in [2.75, 3.05) is 19.6 Å². The number of carbonyl (C=O) groups is 2. The lowest BCUT2D eigenvalue weighted by Crippen LogP contribution is -2.43. The maximum atomic E-state index is 13.2. The van der Waals surface area contributed by atoms with Crippen LogP contribution in [0.15, 0.2) is 42.6 Å². The van der Waals surface area contributed by atoms with E-state index >= 15 is 0 Å². The lowest BCUT2D eigenvalue weighted by molar-refractivity contribution is -0.141. The van der Waals surface area contributed by atoms with Crippen LogP contribution in [-0.2, 0) is 28.9 Å². The van der Waals surface area contributed by atoms with Gasteiger partial charge in [0.25, 0.3) is 0 Å². The van der Waals surface area contributed by atoms with Crippen LogP contribution < -0.4 is 0 Å². The Morgan fingerprint density at radius 3 is 2.47 bits per heavy atom. The Kier molecular flexibility index (Phi) is 8.80. The Bertz CT molecular complexity index is 966. The summed E-state index contributed by atoms with van der Waals surface area (Å²) < 4.78 is 41.2. The SMILES string of the molecule is CCCCCN(Cc1cccn1Cc1cccc(C(F)(F)F)c1)C(=O)CN(CC)C(=O)C1CC1. The van der Waals surface area contributed by atoms with E-state index in [0.717, 1.165) is 49.9 Å². The predicted octanol–water partition coefficient (Wildman–Crippen LogP) is 5.33. The van der Waals surface area contributed by atoms with Gasteiger partial charge in [-0.25, -0.2) is 0 Å². The van der Waals surface area contributed by atoms with Gasteiger partial charge >= 0.3 is 6.18 Å². The Labute approximate surface area is 199 Å². The number of benzene rings is 1. The van der Waals surface area contributed by atoms with E-state index in [1.165, 1.54) is 6.07 Å². The summed E-state index contributed by atoms with van der Waals surface area (Å²) in [6, 6.07) is 9.05. The van der Waals surface area contributed by atoms with E-state index in [0.29, 0.717) is 25.2 Å². The molecule has 1 fully saturated rings. The first kappa shape index (κ1) is 25.8. The highest BCUT2D eigenvalue weighted by atomic mass is 19.4. The van der Waals surface area contributed by atoms with Gasteiger partial charge in [-0.15, -0.1) is 0 Å². The van der Waals surface area contributed by atoms with Crippen molar-refractivity contribution in [2.45, 2.75) is 65.2 Å². The molecular formula is C26H34F3N3O2. The zero-order valence-electron chi connectivity index (χ0n) is 20.0. The topological polar surface area (TPSA) is 45.6 Å². The molecule has 0 spiro atoms. The lowest BCUT2D eigenvalue weighted by atomic mass is 10.1. The maximum absolute atomic E-state index is 13.2. The molecule has 1 aliphatic rings. The van der Waals surface area contributed by atoms with Gasteiger partial charge in [-0.1, -0.05) is 31.9 Å². The fourth-order valence-electron chi connectivity index (χ4n) is 4.03. The van der Waals surface area contributed by atoms with Crippen molar-refractivity contribution in [3.63, 3.8) is 0 Å². The van der Waals surface area contributed by atoms with Crippen LogP contribution in [0, 0.1) is 5.92 Å². The highest BCUT2D eigenvalue weighted by Gasteiger charge is 2.34. The Hall–Kier alpha value is -2.77. The summed E-state index contributed by atoms with van der Waals surface area (Å²) in [6.07, 6.45) is 2.10. The zero-order chi connectivity index (χ0) is 24.7. The normalized spacial score (nSPS) is 13.7. The van der Waals surface area contributed by atoms with Gasteiger partial charge in [-0.05, 0) is 56.0 Å². The summed E-state index contributed by atoms with van der Waals surface area (Å²) in [5.74, 6) is 0.0158. The van der Waals surface area contributed by atoms with Crippen LogP contribution in [0.3, 0.4) is 0 Å². The van der Waals surface area contributed by atoms with Gasteiger partial charge in [-0.2, -0.15) is 13.2 Å². The van der Waals surface area contributed by atoms with Crippen LogP contribution in [0.5, 0.6) is 0 Å². The molecule has 1 aliphatic carbocycles. The Morgan fingerprint density at radius 1 is 1.06 bits per heavy atom. The summed E-state index contributed by atoms with van der Waals surface area (Å²) in [6.45, 7) is 5.75. The minimum atomic E-state index is -4.39. The second-order valence-corrected chi connectivity index (χ2v) is 8.97. The fraction of sp³-hybridized carbons (Fsp3) is 0.538. The number of carbonyl (C=O) groups excluding carboxylic acids is 2. The first-order valence-electron chi connectivity index (χ1n) is 12.1. The summed E-state index contributed by atoms with van der Waals surface area (Å²) in [5, 5.41) is 0. The summed E-state index contributed by atoms with van der Waals surface area (Å²) in [7, 11) is 0. The standard InChI is InChI=1S/C26H34F3N3O2/c1-3-5-6-14-32(24(33)19-30(4-2)25(34)21-12-13-21)18-23-11-8-15-31(23)17-20-9-7-10-22(16-20)26(27,28)29/h7-11,15-16,21H,3-6,12-14,17-19H2,1-2H3. The van der Waals surface area contributed by atoms with Crippen LogP contribution in [0.4, 0.5) is 13.2 Å². The molecule has 1 saturated carbocycles. The lowest BCUT2D eigenvalue weighted by Gasteiger charge is -2.28. The highest BCUT2D eigenvalue weighted by molar-refractivity contribution is 5.87. The molecule has 0 radical (unpaired) electrons. The molecule has 2 aromatic rings. The average molecular weight is 478 g/mol. The minimum Gasteiger partial charge on any atom is -0.345 e. The highest BCUT2D eigenvalue weighted by Crippen LogP contribution is 2.31. The number of aromatic nitrogens is 1. The first-order valence-corrected chi connectivity index (χ1v) is 12.1. The van der Waals surface area contributed by atoms with Crippen molar-refractivity contribution in [2.24, 2.45) is 5.92 Å². The Morgan fingerprint density at radius 2 is 1.82 bits per heavy atom. The smallest absolute Gasteiger partial charge is 0.345 e. The van der Waals surface area contributed by atoms with E-state index in [-0.39, 0.29) is 30.8 Å². The fourth-order valence-corrected chi connectivity index (χ4v) is 4.03. The van der Waals surface area contributed by atoms with Crippen molar-refractivity contribution in [1.82, 2.24) is 14.4 Å². The second-order valence-electron chi connectivity index (χ2n) is 8.97. The third kappa shape index (κ3) is 7.11. The van der Waals surface area contributed by atoms with Crippen molar-refractivity contribution in [1.29, 1.82) is 0 Å². The van der Waals surface area contributed by atoms with Crippen LogP contribution in [0.1, 0.15) is 62.8 Å². The number of halogens is 3. The molecule has 3 rings (SSSR count). The van der Waals surface area contributed by atoms with Gasteiger partial charge in [-0.3, -0.25) is 9.59 Å². The number of hydrogen-bond acceptors (Lipinski definition) is 2. The van der Waals surface area contributed by atoms with Crippen molar-refractivity contribution >= 4 is 11.8 Å². The molecule has 0 unspecified atom stereocenters. The quantitative estimate of drug-likeness (QED) is 0.388. The third-order valence-corrected chi connectivity index (χ3v) is 6.21. The van der Waals surface area contributed by atoms with Crippen LogP contribution in [0.2, 0.25) is 0 Å². The van der Waals surface area contributed by atoms with Crippen molar-refractivity contribution in [3.05, 3.63) is 59.4 Å². The molecule has 0 N–H and O–H groups in total. The number of hydrogen-bond donors (Lipinski definition) is 0. The molecule has 34 heavy (non-hydrogen) atoms. The van der Waals surface area contributed by atoms with Crippen LogP contribution in [-0.4, -0.2) is 45.8 Å². The predicted molar refractivity (Wildman–Crippen MR) is 125 cm³/mol. The molecule has 0 bridgehead atoms. The van der Waals surface area contributed by atoms with E-state index < -0.39 is 11.7 Å². The largest absolute Gasteiger partial charge is 0.416 e. The van der Waals surface area contributed by atoms with E-state index in [1.54, 1.807) is 15.9 Å². The summed E-state index contributed by atoms with van der Waals surface area (Å²) >= 11 is 0. The van der Waals surface area contributed by atoms with Gasteiger partial charge < -0.3 is 14.4 Å². The van der Waals surface area contributed by atoms with E-state index in [4.69, 9.17) is 0 Å². The van der Waals surface area contributed by atoms with Gasteiger partial charge in [0, 0.05) is 37.4 Å². The summed E-state index contributed by atoms with van der Waals surface area (Å²) in [5.41, 5.74) is 0.720. The van der Waals surface area contributed by atoms with Gasteiger partial charge in [0.2, 0.25) is 11.8 Å². The van der Waals surface area contributed by atoms with E-state index in [1.807, 2.05) is 29.8 Å². The third-order valence-electron chi connectivity index (χ3n) is 6.21. The number of likely N-dealkylation sites (N-methyl/N-ethyl adjacent to an activating group) is 1. The van der Waals surface area contributed by atoms with Gasteiger partial charge in [0.15, 0.2) is 0 Å². The molecule has 5 nitrogen and oxygen atoms in total. The summed E-state index contributed by atoms with van der Waals surface area (Å²) in [4.78, 5) is 29.1. The number of unbranched alkanes of at least 4 members (excludes halogenated alkanes) is 2. The van der Waals surface area contributed by atoms with E-state index in [2.05, 4.69) is 6.92 Å². The van der Waals surface area contributed by atoms with Crippen molar-refractivity contribution in [3.8, 4) is 0 Å². The second kappa shape index (κ2) is 11.6. The average Bonchev–Trinajstić information content (AvgIpc) is 3.57. The molecular weight excluding hydrogens is 443 g/mol. The number of nitrogens with zero attached hydrogens (tertiary/aromatic N) is 3. The molecule has 0 saturated heterocycles. The molecule has 1 aromatic heterocycles. The Balaban J connectivity index is 1.72. The molecule has 1 aromatic carbocycles. The van der Waals surface area contributed by atoms with Gasteiger partial charge in [0.05, 0.1) is 18.7 Å². The van der Waals surface area contributed by atoms with Gasteiger partial charge in [0.1, 0.15) is 0 Å². The van der Waals surface area contributed by atoms with Crippen LogP contribution >= 0.6 is 0 Å². The molecule has 8 heteroatoms. The molecule has 0 aliphatic heterocycles. The minimum absolute atomic E-state index is 0.0530.